The Morgan fingerprint density at radius 1 is 1.20 bits per heavy atom. The van der Waals surface area contributed by atoms with Gasteiger partial charge in [0.05, 0.1) is 18.8 Å². The molecule has 0 saturated carbocycles. The van der Waals surface area contributed by atoms with E-state index in [0.29, 0.717) is 25.3 Å². The van der Waals surface area contributed by atoms with Gasteiger partial charge in [-0.15, -0.1) is 0 Å². The maximum absolute atomic E-state index is 12.0. The van der Waals surface area contributed by atoms with Crippen LogP contribution in [0, 0.1) is 11.3 Å². The Morgan fingerprint density at radius 2 is 1.75 bits per heavy atom. The molecule has 0 aliphatic carbocycles. The minimum atomic E-state index is -0.901. The van der Waals surface area contributed by atoms with E-state index in [2.05, 4.69) is 26.1 Å². The summed E-state index contributed by atoms with van der Waals surface area (Å²) in [6, 6.07) is 0. The van der Waals surface area contributed by atoms with Crippen molar-refractivity contribution in [2.45, 2.75) is 58.9 Å². The van der Waals surface area contributed by atoms with Crippen LogP contribution in [0.3, 0.4) is 0 Å². The topological polar surface area (TPSA) is 95.6 Å². The number of aliphatic hydroxyl groups excluding tert-OH is 2. The Morgan fingerprint density at radius 3 is 2.10 bits per heavy atom. The molecule has 0 spiro atoms. The van der Waals surface area contributed by atoms with Crippen LogP contribution in [0.4, 0.5) is 0 Å². The molecule has 0 saturated heterocycles. The molecule has 0 heterocycles. The lowest BCUT2D eigenvalue weighted by atomic mass is 9.76. The summed E-state index contributed by atoms with van der Waals surface area (Å²) >= 11 is 0. The predicted molar refractivity (Wildman–Crippen MR) is 81.2 cm³/mol. The van der Waals surface area contributed by atoms with E-state index in [9.17, 15) is 15.0 Å². The van der Waals surface area contributed by atoms with Crippen molar-refractivity contribution in [3.8, 4) is 0 Å². The van der Waals surface area contributed by atoms with Crippen LogP contribution < -0.4 is 11.1 Å². The third kappa shape index (κ3) is 6.20. The molecule has 5 N–H and O–H groups in total. The lowest BCUT2D eigenvalue weighted by molar-refractivity contribution is -0.125. The largest absolute Gasteiger partial charge is 0.394 e. The quantitative estimate of drug-likeness (QED) is 0.509. The van der Waals surface area contributed by atoms with Gasteiger partial charge >= 0.3 is 0 Å². The van der Waals surface area contributed by atoms with Gasteiger partial charge in [0.25, 0.3) is 0 Å². The van der Waals surface area contributed by atoms with Gasteiger partial charge in [-0.05, 0) is 37.1 Å². The normalized spacial score (nSPS) is 14.2. The van der Waals surface area contributed by atoms with Crippen molar-refractivity contribution >= 4 is 5.91 Å². The number of nitrogens with two attached hydrogens (primary N) is 1. The highest BCUT2D eigenvalue weighted by molar-refractivity contribution is 5.76. The van der Waals surface area contributed by atoms with Gasteiger partial charge in [0.15, 0.2) is 0 Å². The number of hydrogen-bond donors (Lipinski definition) is 4. The maximum atomic E-state index is 12.0. The van der Waals surface area contributed by atoms with Crippen molar-refractivity contribution in [1.29, 1.82) is 0 Å². The molecule has 5 nitrogen and oxygen atoms in total. The molecule has 1 atom stereocenters. The van der Waals surface area contributed by atoms with Crippen LogP contribution in [0.25, 0.3) is 0 Å². The van der Waals surface area contributed by atoms with Crippen molar-refractivity contribution in [2.75, 3.05) is 19.8 Å². The second kappa shape index (κ2) is 8.60. The summed E-state index contributed by atoms with van der Waals surface area (Å²) in [5.41, 5.74) is 4.85. The fraction of sp³-hybridized carbons (Fsp3) is 0.933. The molecule has 0 aliphatic rings. The Balaban J connectivity index is 4.46. The molecule has 0 aliphatic heterocycles. The standard InChI is InChI=1S/C15H32N2O3/c1-5-15(10-18,11-19)17-13(20)7-6-12(8-9-16)14(2,3)4/h12,18-19H,5-11,16H2,1-4H3,(H,17,20). The third-order valence-electron chi connectivity index (χ3n) is 4.15. The fourth-order valence-electron chi connectivity index (χ4n) is 2.32. The number of nitrogens with one attached hydrogen (secondary N) is 1. The maximum Gasteiger partial charge on any atom is 0.220 e. The van der Waals surface area contributed by atoms with Crippen molar-refractivity contribution in [2.24, 2.45) is 17.1 Å². The van der Waals surface area contributed by atoms with E-state index in [-0.39, 0.29) is 24.5 Å². The molecule has 0 fully saturated rings. The molecule has 0 rings (SSSR count). The lowest BCUT2D eigenvalue weighted by Crippen LogP contribution is -2.53. The van der Waals surface area contributed by atoms with Crippen molar-refractivity contribution in [1.82, 2.24) is 5.32 Å². The van der Waals surface area contributed by atoms with Gasteiger partial charge in [-0.25, -0.2) is 0 Å². The Labute approximate surface area is 122 Å². The first-order valence-corrected chi connectivity index (χ1v) is 7.47. The molecule has 0 aromatic rings. The third-order valence-corrected chi connectivity index (χ3v) is 4.15. The zero-order chi connectivity index (χ0) is 15.8. The Hall–Kier alpha value is -0.650. The minimum absolute atomic E-state index is 0.120. The van der Waals surface area contributed by atoms with Gasteiger partial charge in [-0.3, -0.25) is 4.79 Å². The van der Waals surface area contributed by atoms with Crippen LogP contribution in [0.5, 0.6) is 0 Å². The summed E-state index contributed by atoms with van der Waals surface area (Å²) in [7, 11) is 0. The Kier molecular flexibility index (Phi) is 8.32. The summed E-state index contributed by atoms with van der Waals surface area (Å²) in [6.07, 6.45) is 2.56. The van der Waals surface area contributed by atoms with E-state index in [1.807, 2.05) is 6.92 Å². The molecular formula is C15H32N2O3. The molecule has 5 heteroatoms. The van der Waals surface area contributed by atoms with Crippen LogP contribution in [-0.4, -0.2) is 41.4 Å². The van der Waals surface area contributed by atoms with Crippen molar-refractivity contribution in [3.63, 3.8) is 0 Å². The number of aliphatic hydroxyl groups is 2. The summed E-state index contributed by atoms with van der Waals surface area (Å²) in [5.74, 6) is 0.263. The van der Waals surface area contributed by atoms with E-state index in [4.69, 9.17) is 5.73 Å². The lowest BCUT2D eigenvalue weighted by Gasteiger charge is -2.32. The van der Waals surface area contributed by atoms with E-state index in [1.54, 1.807) is 0 Å². The van der Waals surface area contributed by atoms with Gasteiger partial charge < -0.3 is 21.3 Å². The van der Waals surface area contributed by atoms with Crippen LogP contribution >= 0.6 is 0 Å². The summed E-state index contributed by atoms with van der Waals surface area (Å²) in [6.45, 7) is 8.42. The van der Waals surface area contributed by atoms with Crippen LogP contribution in [0.15, 0.2) is 0 Å². The zero-order valence-corrected chi connectivity index (χ0v) is 13.4. The zero-order valence-electron chi connectivity index (χ0n) is 13.4. The molecule has 120 valence electrons. The van der Waals surface area contributed by atoms with Crippen LogP contribution in [0.2, 0.25) is 0 Å². The number of carbonyl (C=O) groups excluding carboxylic acids is 1. The van der Waals surface area contributed by atoms with Gasteiger partial charge in [0.2, 0.25) is 5.91 Å². The highest BCUT2D eigenvalue weighted by atomic mass is 16.3. The second-order valence-electron chi connectivity index (χ2n) is 6.68. The molecule has 0 aromatic heterocycles. The SMILES string of the molecule is CCC(CO)(CO)NC(=O)CCC(CCN)C(C)(C)C. The second-order valence-corrected chi connectivity index (χ2v) is 6.68. The number of carbonyl (C=O) groups is 1. The van der Waals surface area contributed by atoms with Crippen molar-refractivity contribution < 1.29 is 15.0 Å². The monoisotopic (exact) mass is 288 g/mol. The first kappa shape index (κ1) is 19.4. The molecule has 0 bridgehead atoms. The predicted octanol–water partition coefficient (Wildman–Crippen LogP) is 1.03. The molecule has 0 aromatic carbocycles. The first-order chi connectivity index (χ1) is 9.24. The highest BCUT2D eigenvalue weighted by Crippen LogP contribution is 2.32. The summed E-state index contributed by atoms with van der Waals surface area (Å²) in [4.78, 5) is 12.0. The van der Waals surface area contributed by atoms with Gasteiger partial charge in [0.1, 0.15) is 0 Å². The number of rotatable bonds is 9. The van der Waals surface area contributed by atoms with E-state index < -0.39 is 5.54 Å². The van der Waals surface area contributed by atoms with Crippen LogP contribution in [-0.2, 0) is 4.79 Å². The van der Waals surface area contributed by atoms with E-state index >= 15 is 0 Å². The van der Waals surface area contributed by atoms with Gasteiger partial charge in [-0.1, -0.05) is 27.7 Å². The fourth-order valence-corrected chi connectivity index (χ4v) is 2.32. The van der Waals surface area contributed by atoms with Crippen molar-refractivity contribution in [3.05, 3.63) is 0 Å². The van der Waals surface area contributed by atoms with E-state index in [1.165, 1.54) is 0 Å². The average molecular weight is 288 g/mol. The Bertz CT molecular complexity index is 275. The minimum Gasteiger partial charge on any atom is -0.394 e. The van der Waals surface area contributed by atoms with Crippen LogP contribution in [0.1, 0.15) is 53.4 Å². The number of amides is 1. The highest BCUT2D eigenvalue weighted by Gasteiger charge is 2.29. The summed E-state index contributed by atoms with van der Waals surface area (Å²) in [5, 5.41) is 21.4. The molecule has 20 heavy (non-hydrogen) atoms. The smallest absolute Gasteiger partial charge is 0.220 e. The number of hydrogen-bond acceptors (Lipinski definition) is 4. The average Bonchev–Trinajstić information content (AvgIpc) is 2.39. The first-order valence-electron chi connectivity index (χ1n) is 7.47. The van der Waals surface area contributed by atoms with Gasteiger partial charge in [0, 0.05) is 6.42 Å². The molecule has 1 unspecified atom stereocenters. The van der Waals surface area contributed by atoms with Gasteiger partial charge in [-0.2, -0.15) is 0 Å². The summed E-state index contributed by atoms with van der Waals surface area (Å²) < 4.78 is 0. The molecule has 0 radical (unpaired) electrons. The van der Waals surface area contributed by atoms with E-state index in [0.717, 1.165) is 12.8 Å². The molecule has 1 amide bonds. The molecular weight excluding hydrogens is 256 g/mol.